The number of aliphatic hydroxyl groups excluding tert-OH is 1. The van der Waals surface area contributed by atoms with Crippen molar-refractivity contribution in [2.75, 3.05) is 0 Å². The lowest BCUT2D eigenvalue weighted by Gasteiger charge is -1.75. The van der Waals surface area contributed by atoms with Crippen molar-refractivity contribution < 1.29 is 5.11 Å². The zero-order chi connectivity index (χ0) is 4.99. The summed E-state index contributed by atoms with van der Waals surface area (Å²) in [5, 5.41) is 16.1. The summed E-state index contributed by atoms with van der Waals surface area (Å²) in [6, 6.07) is 0. The number of nitrogens with zero attached hydrogens (tertiary/aromatic N) is 1. The molecule has 2 nitrogen and oxygen atoms in total. The first-order valence-corrected chi connectivity index (χ1v) is 1.60. The van der Waals surface area contributed by atoms with E-state index in [1.165, 1.54) is 13.0 Å². The molecule has 0 saturated carbocycles. The highest BCUT2D eigenvalue weighted by molar-refractivity contribution is 5.68. The van der Waals surface area contributed by atoms with Crippen LogP contribution >= 0.6 is 0 Å². The van der Waals surface area contributed by atoms with Gasteiger partial charge in [0.25, 0.3) is 0 Å². The van der Waals surface area contributed by atoms with Gasteiger partial charge in [0.15, 0.2) is 0 Å². The summed E-state index contributed by atoms with van der Waals surface area (Å²) >= 11 is 0. The summed E-state index contributed by atoms with van der Waals surface area (Å²) in [4.78, 5) is 0. The normalized spacial score (nSPS) is 11.2. The molecule has 0 aromatic heterocycles. The van der Waals surface area contributed by atoms with E-state index in [0.717, 1.165) is 6.21 Å². The van der Waals surface area contributed by atoms with Crippen LogP contribution in [0.3, 0.4) is 0 Å². The monoisotopic (exact) mass is 84.0 g/mol. The van der Waals surface area contributed by atoms with Gasteiger partial charge < -0.3 is 5.11 Å². The van der Waals surface area contributed by atoms with E-state index >= 15 is 0 Å². The van der Waals surface area contributed by atoms with E-state index in [0.29, 0.717) is 0 Å². The smallest absolute Gasteiger partial charge is 0.0907 e. The lowest BCUT2D eigenvalue weighted by molar-refractivity contribution is 0.415. The van der Waals surface area contributed by atoms with Crippen molar-refractivity contribution in [2.24, 2.45) is 0 Å². The van der Waals surface area contributed by atoms with E-state index < -0.39 is 0 Å². The van der Waals surface area contributed by atoms with Gasteiger partial charge in [-0.1, -0.05) is 0 Å². The molecule has 6 heavy (non-hydrogen) atoms. The van der Waals surface area contributed by atoms with Crippen LogP contribution in [0.15, 0.2) is 11.8 Å². The fourth-order valence-electron chi connectivity index (χ4n) is 0.108. The number of hydrogen-bond acceptors (Lipinski definition) is 1. The Hall–Kier alpha value is -0.790. The molecule has 0 aliphatic rings. The quantitative estimate of drug-likeness (QED) is 0.361. The molecule has 0 heterocycles. The van der Waals surface area contributed by atoms with Gasteiger partial charge in [-0.05, 0) is 13.0 Å². The van der Waals surface area contributed by atoms with Crippen LogP contribution in [0.25, 0.3) is 0 Å². The molecule has 0 atom stereocenters. The summed E-state index contributed by atoms with van der Waals surface area (Å²) in [5.74, 6) is 0.109. The van der Waals surface area contributed by atoms with E-state index in [1.807, 2.05) is 0 Å². The summed E-state index contributed by atoms with van der Waals surface area (Å²) in [6.45, 7) is 1.48. The van der Waals surface area contributed by atoms with Gasteiger partial charge in [-0.25, -0.2) is 0 Å². The molecule has 1 radical (unpaired) electrons. The van der Waals surface area contributed by atoms with Crippen LogP contribution in [0.4, 0.5) is 0 Å². The molecular formula is C4H6NO. The summed E-state index contributed by atoms with van der Waals surface area (Å²) in [5.41, 5.74) is 0. The van der Waals surface area contributed by atoms with Gasteiger partial charge in [0.2, 0.25) is 0 Å². The highest BCUT2D eigenvalue weighted by Gasteiger charge is 1.68. The van der Waals surface area contributed by atoms with E-state index in [-0.39, 0.29) is 5.76 Å². The molecule has 0 unspecified atom stereocenters. The van der Waals surface area contributed by atoms with Crippen molar-refractivity contribution >= 4 is 6.21 Å². The van der Waals surface area contributed by atoms with Gasteiger partial charge >= 0.3 is 0 Å². The third kappa shape index (κ3) is 3.21. The molecule has 0 rings (SSSR count). The minimum Gasteiger partial charge on any atom is -0.513 e. The Labute approximate surface area is 36.6 Å². The van der Waals surface area contributed by atoms with E-state index in [9.17, 15) is 0 Å². The minimum absolute atomic E-state index is 0.109. The van der Waals surface area contributed by atoms with Crippen LogP contribution in [0.2, 0.25) is 0 Å². The maximum atomic E-state index is 8.22. The Morgan fingerprint density at radius 1 is 1.83 bits per heavy atom. The Balaban J connectivity index is 3.41. The Morgan fingerprint density at radius 2 is 2.33 bits per heavy atom. The maximum absolute atomic E-state index is 8.22. The minimum atomic E-state index is 0.109. The van der Waals surface area contributed by atoms with Gasteiger partial charge in [-0.15, -0.1) is 0 Å². The Kier molecular flexibility index (Phi) is 2.13. The summed E-state index contributed by atoms with van der Waals surface area (Å²) in [7, 11) is 0. The number of rotatable bonds is 1. The highest BCUT2D eigenvalue weighted by Crippen LogP contribution is 1.75. The maximum Gasteiger partial charge on any atom is 0.0907 e. The number of hydrogen-bond donors (Lipinski definition) is 1. The molecule has 2 heteroatoms. The molecule has 0 aliphatic heterocycles. The van der Waals surface area contributed by atoms with Gasteiger partial charge in [-0.2, -0.15) is 5.41 Å². The fourth-order valence-corrected chi connectivity index (χ4v) is 0.108. The first-order chi connectivity index (χ1) is 2.77. The van der Waals surface area contributed by atoms with Crippen molar-refractivity contribution in [3.8, 4) is 0 Å². The second kappa shape index (κ2) is 2.45. The molecular weight excluding hydrogens is 78.0 g/mol. The van der Waals surface area contributed by atoms with Crippen molar-refractivity contribution in [3.63, 3.8) is 0 Å². The van der Waals surface area contributed by atoms with Crippen LogP contribution in [-0.4, -0.2) is 11.3 Å². The molecule has 0 aromatic rings. The lowest BCUT2D eigenvalue weighted by Crippen LogP contribution is -1.69. The van der Waals surface area contributed by atoms with Crippen molar-refractivity contribution in [3.05, 3.63) is 11.8 Å². The Morgan fingerprint density at radius 3 is 2.33 bits per heavy atom. The molecule has 0 aliphatic carbocycles. The average molecular weight is 84.1 g/mol. The van der Waals surface area contributed by atoms with Gasteiger partial charge in [0.1, 0.15) is 0 Å². The van der Waals surface area contributed by atoms with Crippen molar-refractivity contribution in [2.45, 2.75) is 6.92 Å². The van der Waals surface area contributed by atoms with Crippen molar-refractivity contribution in [1.29, 1.82) is 0 Å². The predicted molar refractivity (Wildman–Crippen MR) is 24.6 cm³/mol. The molecule has 0 bridgehead atoms. The second-order valence-electron chi connectivity index (χ2n) is 0.957. The first-order valence-electron chi connectivity index (χ1n) is 1.60. The van der Waals surface area contributed by atoms with E-state index in [2.05, 4.69) is 0 Å². The predicted octanol–water partition coefficient (Wildman–Crippen LogP) is 0.319. The van der Waals surface area contributed by atoms with Gasteiger partial charge in [0, 0.05) is 0 Å². The average Bonchev–Trinajstić information content (AvgIpc) is 1.35. The zero-order valence-corrected chi connectivity index (χ0v) is 3.55. The SMILES string of the molecule is CC(O)=CC=[N]. The van der Waals surface area contributed by atoms with Crippen LogP contribution in [0, 0.1) is 0 Å². The third-order valence-electron chi connectivity index (χ3n) is 0.316. The third-order valence-corrected chi connectivity index (χ3v) is 0.316. The molecule has 0 amide bonds. The van der Waals surface area contributed by atoms with Crippen LogP contribution in [0.5, 0.6) is 0 Å². The van der Waals surface area contributed by atoms with Crippen LogP contribution < -0.4 is 5.41 Å². The van der Waals surface area contributed by atoms with Crippen LogP contribution in [0.1, 0.15) is 6.92 Å². The molecule has 33 valence electrons. The van der Waals surface area contributed by atoms with E-state index in [4.69, 9.17) is 10.5 Å². The summed E-state index contributed by atoms with van der Waals surface area (Å²) in [6.07, 6.45) is 1.98. The molecule has 0 saturated heterocycles. The largest absolute Gasteiger partial charge is 0.513 e. The molecule has 0 aromatic carbocycles. The lowest BCUT2D eigenvalue weighted by atomic mass is 10.5. The van der Waals surface area contributed by atoms with Gasteiger partial charge in [0.05, 0.1) is 12.0 Å². The van der Waals surface area contributed by atoms with Crippen LogP contribution in [-0.2, 0) is 0 Å². The fraction of sp³-hybridized carbons (Fsp3) is 0.250. The first kappa shape index (κ1) is 5.21. The van der Waals surface area contributed by atoms with Crippen molar-refractivity contribution in [1.82, 2.24) is 5.41 Å². The summed E-state index contributed by atoms with van der Waals surface area (Å²) < 4.78 is 0. The standard InChI is InChI=1S/C4H6NO/c1-4(6)2-3-5/h2-3,6H,1H3. The second-order valence-corrected chi connectivity index (χ2v) is 0.957. The topological polar surface area (TPSA) is 42.5 Å². The van der Waals surface area contributed by atoms with Gasteiger partial charge in [-0.3, -0.25) is 0 Å². The Bertz CT molecular complexity index is 71.6. The molecule has 1 N–H and O–H groups in total. The van der Waals surface area contributed by atoms with E-state index in [1.54, 1.807) is 0 Å². The molecule has 0 fully saturated rings. The number of aliphatic hydroxyl groups is 1. The zero-order valence-electron chi connectivity index (χ0n) is 3.55. The highest BCUT2D eigenvalue weighted by atomic mass is 16.3. The number of allylic oxidation sites excluding steroid dienone is 2. The molecule has 0 spiro atoms.